The van der Waals surface area contributed by atoms with Crippen molar-refractivity contribution < 1.29 is 0 Å². The number of para-hydroxylation sites is 4. The average molecular weight is 776 g/mol. The third kappa shape index (κ3) is 5.17. The Morgan fingerprint density at radius 3 is 1.92 bits per heavy atom. The van der Waals surface area contributed by atoms with Gasteiger partial charge < -0.3 is 9.80 Å². The summed E-state index contributed by atoms with van der Waals surface area (Å²) in [4.78, 5) is 15.1. The average Bonchev–Trinajstić information content (AvgIpc) is 3.85. The summed E-state index contributed by atoms with van der Waals surface area (Å²) in [6.45, 7) is 6.90. The first-order valence-electron chi connectivity index (χ1n) is 20.3. The van der Waals surface area contributed by atoms with E-state index >= 15 is 0 Å². The van der Waals surface area contributed by atoms with Crippen LogP contribution >= 0.6 is 11.3 Å². The van der Waals surface area contributed by atoms with Crippen molar-refractivity contribution >= 4 is 101 Å². The molecule has 0 saturated carbocycles. The fourth-order valence-corrected chi connectivity index (χ4v) is 10.4. The van der Waals surface area contributed by atoms with Crippen LogP contribution in [0.25, 0.3) is 48.4 Å². The molecule has 0 spiro atoms. The Morgan fingerprint density at radius 2 is 1.20 bits per heavy atom. The molecule has 0 saturated heterocycles. The van der Waals surface area contributed by atoms with Crippen molar-refractivity contribution in [3.8, 4) is 16.4 Å². The molecule has 12 rings (SSSR count). The molecule has 0 N–H and O–H groups in total. The lowest BCUT2D eigenvalue weighted by Crippen LogP contribution is -2.61. The highest BCUT2D eigenvalue weighted by atomic mass is 32.1. The van der Waals surface area contributed by atoms with Crippen LogP contribution in [0, 0.1) is 0 Å². The molecular weight excluding hydrogens is 737 g/mol. The van der Waals surface area contributed by atoms with Crippen molar-refractivity contribution in [2.24, 2.45) is 0 Å². The molecule has 0 amide bonds. The number of hydrogen-bond donors (Lipinski definition) is 0. The lowest BCUT2D eigenvalue weighted by atomic mass is 9.33. The summed E-state index contributed by atoms with van der Waals surface area (Å²) < 4.78 is 3.54. The molecule has 280 valence electrons. The largest absolute Gasteiger partial charge is 0.311 e. The topological polar surface area (TPSA) is 37.2 Å². The monoisotopic (exact) mass is 775 g/mol. The van der Waals surface area contributed by atoms with E-state index in [2.05, 4.69) is 199 Å². The Bertz CT molecular complexity index is 3240. The van der Waals surface area contributed by atoms with Gasteiger partial charge in [-0.05, 0) is 118 Å². The van der Waals surface area contributed by atoms with Crippen LogP contribution in [-0.4, -0.2) is 21.2 Å². The van der Waals surface area contributed by atoms with E-state index in [1.165, 1.54) is 60.2 Å². The molecule has 0 atom stereocenters. The van der Waals surface area contributed by atoms with Crippen molar-refractivity contribution in [3.05, 3.63) is 182 Å². The van der Waals surface area contributed by atoms with Gasteiger partial charge in [0.15, 0.2) is 0 Å². The first kappa shape index (κ1) is 34.1. The van der Waals surface area contributed by atoms with E-state index < -0.39 is 0 Å². The normalized spacial score (nSPS) is 13.2. The number of benzene rings is 7. The van der Waals surface area contributed by atoms with Gasteiger partial charge in [-0.3, -0.25) is 4.57 Å². The molecule has 0 fully saturated rings. The molecule has 0 radical (unpaired) electrons. The highest BCUT2D eigenvalue weighted by Crippen LogP contribution is 2.48. The minimum atomic E-state index is -0.108. The van der Waals surface area contributed by atoms with Gasteiger partial charge in [0.1, 0.15) is 10.8 Å². The smallest absolute Gasteiger partial charge is 0.252 e. The Kier molecular flexibility index (Phi) is 7.39. The predicted octanol–water partition coefficient (Wildman–Crippen LogP) is 11.8. The SMILES string of the molecule is CC(C)(C)c1cc2c3c(c1)N(c1ccccc1)c1cc4c5ccccc5n(-c5ccccn5)c4cc1B3c1cc(-c3nc4ccccc4s3)ccc1N2c1ccccc1. The molecule has 7 heteroatoms. The number of thiazole rings is 1. The molecule has 0 unspecified atom stereocenters. The first-order chi connectivity index (χ1) is 28.9. The number of aromatic nitrogens is 3. The molecule has 0 bridgehead atoms. The van der Waals surface area contributed by atoms with Gasteiger partial charge in [0.05, 0.1) is 21.3 Å². The molecule has 5 heterocycles. The van der Waals surface area contributed by atoms with E-state index in [0.29, 0.717) is 0 Å². The zero-order chi connectivity index (χ0) is 39.4. The Balaban J connectivity index is 1.23. The quantitative estimate of drug-likeness (QED) is 0.167. The second-order valence-corrected chi connectivity index (χ2v) is 17.7. The fourth-order valence-electron chi connectivity index (χ4n) is 9.47. The second kappa shape index (κ2) is 12.8. The number of pyridine rings is 1. The lowest BCUT2D eigenvalue weighted by molar-refractivity contribution is 0.590. The van der Waals surface area contributed by atoms with E-state index in [1.807, 2.05) is 12.3 Å². The minimum Gasteiger partial charge on any atom is -0.311 e. The lowest BCUT2D eigenvalue weighted by Gasteiger charge is -2.45. The maximum Gasteiger partial charge on any atom is 0.252 e. The van der Waals surface area contributed by atoms with E-state index in [-0.39, 0.29) is 12.1 Å². The Morgan fingerprint density at radius 1 is 0.542 bits per heavy atom. The van der Waals surface area contributed by atoms with Gasteiger partial charge in [-0.25, -0.2) is 9.97 Å². The summed E-state index contributed by atoms with van der Waals surface area (Å²) in [5, 5.41) is 3.44. The van der Waals surface area contributed by atoms with Crippen LogP contribution in [0.15, 0.2) is 176 Å². The van der Waals surface area contributed by atoms with E-state index in [9.17, 15) is 0 Å². The summed E-state index contributed by atoms with van der Waals surface area (Å²) in [7, 11) is 0. The summed E-state index contributed by atoms with van der Waals surface area (Å²) in [5.74, 6) is 0.905. The van der Waals surface area contributed by atoms with Gasteiger partial charge in [-0.15, -0.1) is 11.3 Å². The highest BCUT2D eigenvalue weighted by Gasteiger charge is 2.45. The van der Waals surface area contributed by atoms with E-state index in [4.69, 9.17) is 9.97 Å². The van der Waals surface area contributed by atoms with Crippen LogP contribution in [0.5, 0.6) is 0 Å². The number of rotatable bonds is 4. The maximum atomic E-state index is 5.17. The number of anilines is 6. The molecule has 2 aliphatic heterocycles. The van der Waals surface area contributed by atoms with Crippen LogP contribution in [0.1, 0.15) is 26.3 Å². The highest BCUT2D eigenvalue weighted by molar-refractivity contribution is 7.21. The van der Waals surface area contributed by atoms with Crippen molar-refractivity contribution in [1.82, 2.24) is 14.5 Å². The van der Waals surface area contributed by atoms with E-state index in [0.717, 1.165) is 44.3 Å². The van der Waals surface area contributed by atoms with Gasteiger partial charge in [-0.1, -0.05) is 99.6 Å². The maximum absolute atomic E-state index is 5.17. The number of nitrogens with zero attached hydrogens (tertiary/aromatic N) is 5. The fraction of sp³-hybridized carbons (Fsp3) is 0.0769. The minimum absolute atomic E-state index is 0.0761. The summed E-state index contributed by atoms with van der Waals surface area (Å²) in [6, 6.07) is 62.1. The molecule has 5 nitrogen and oxygen atoms in total. The third-order valence-corrected chi connectivity index (χ3v) is 13.3. The van der Waals surface area contributed by atoms with E-state index in [1.54, 1.807) is 11.3 Å². The molecule has 0 aliphatic carbocycles. The zero-order valence-corrected chi connectivity index (χ0v) is 33.8. The first-order valence-corrected chi connectivity index (χ1v) is 21.1. The number of fused-ring (bicyclic) bond motifs is 8. The van der Waals surface area contributed by atoms with Gasteiger partial charge in [0.2, 0.25) is 0 Å². The van der Waals surface area contributed by atoms with Gasteiger partial charge in [-0.2, -0.15) is 0 Å². The third-order valence-electron chi connectivity index (χ3n) is 12.2. The van der Waals surface area contributed by atoms with Gasteiger partial charge in [0.25, 0.3) is 6.71 Å². The molecule has 2 aliphatic rings. The van der Waals surface area contributed by atoms with Crippen molar-refractivity contribution in [3.63, 3.8) is 0 Å². The van der Waals surface area contributed by atoms with Crippen LogP contribution in [0.3, 0.4) is 0 Å². The van der Waals surface area contributed by atoms with Crippen LogP contribution in [0.2, 0.25) is 0 Å². The van der Waals surface area contributed by atoms with Crippen molar-refractivity contribution in [2.75, 3.05) is 9.80 Å². The number of hydrogen-bond acceptors (Lipinski definition) is 5. The Labute approximate surface area is 347 Å². The van der Waals surface area contributed by atoms with Crippen molar-refractivity contribution in [2.45, 2.75) is 26.2 Å². The van der Waals surface area contributed by atoms with Crippen LogP contribution < -0.4 is 26.2 Å². The molecule has 3 aromatic heterocycles. The molecule has 7 aromatic carbocycles. The van der Waals surface area contributed by atoms with Crippen LogP contribution in [-0.2, 0) is 5.41 Å². The summed E-state index contributed by atoms with van der Waals surface area (Å²) >= 11 is 1.76. The summed E-state index contributed by atoms with van der Waals surface area (Å²) in [5.41, 5.74) is 16.5. The Hall–Kier alpha value is -6.96. The molecule has 59 heavy (non-hydrogen) atoms. The van der Waals surface area contributed by atoms with Crippen molar-refractivity contribution in [1.29, 1.82) is 0 Å². The molecule has 10 aromatic rings. The van der Waals surface area contributed by atoms with Gasteiger partial charge >= 0.3 is 0 Å². The molecular formula is C52H38BN5S. The van der Waals surface area contributed by atoms with Crippen LogP contribution in [0.4, 0.5) is 34.1 Å². The van der Waals surface area contributed by atoms with Gasteiger partial charge in [0, 0.05) is 56.7 Å². The summed E-state index contributed by atoms with van der Waals surface area (Å²) in [6.07, 6.45) is 1.89. The predicted molar refractivity (Wildman–Crippen MR) is 250 cm³/mol. The second-order valence-electron chi connectivity index (χ2n) is 16.7. The standard InChI is InChI=1S/C52H38BN5S/c1-52(2,3)34-29-46-50-47(30-34)57(36-18-8-5-9-19-36)45-31-38-37-20-10-12-22-42(37)58(49-24-14-15-27-54-49)44(38)32-40(45)53(50)39-28-33(51-55-41-21-11-13-23-48(41)59-51)25-26-43(39)56(46)35-16-6-4-7-17-35/h4-32H,1-3H3. The zero-order valence-electron chi connectivity index (χ0n) is 33.0.